The number of nitrogens with zero attached hydrogens (tertiary/aromatic N) is 1. The van der Waals surface area contributed by atoms with Gasteiger partial charge in [0.2, 0.25) is 0 Å². The molecule has 0 heterocycles. The van der Waals surface area contributed by atoms with Crippen molar-refractivity contribution in [3.63, 3.8) is 0 Å². The van der Waals surface area contributed by atoms with Crippen LogP contribution in [0.4, 0.5) is 0 Å². The molecule has 1 unspecified atom stereocenters. The zero-order valence-corrected chi connectivity index (χ0v) is 17.2. The van der Waals surface area contributed by atoms with Crippen molar-refractivity contribution < 1.29 is 9.47 Å². The molecule has 1 fully saturated rings. The summed E-state index contributed by atoms with van der Waals surface area (Å²) in [7, 11) is 3.44. The number of para-hydroxylation sites is 2. The van der Waals surface area contributed by atoms with Crippen molar-refractivity contribution in [2.75, 3.05) is 27.2 Å². The molecular formula is C18H30IN3O2. The Kier molecular flexibility index (Phi) is 9.90. The first-order chi connectivity index (χ1) is 11.2. The Morgan fingerprint density at radius 2 is 1.96 bits per heavy atom. The molecule has 1 atom stereocenters. The monoisotopic (exact) mass is 447 g/mol. The third-order valence-electron chi connectivity index (χ3n) is 3.96. The molecule has 0 amide bonds. The lowest BCUT2D eigenvalue weighted by Gasteiger charge is -2.19. The zero-order valence-electron chi connectivity index (χ0n) is 14.9. The molecule has 1 aromatic rings. The van der Waals surface area contributed by atoms with Crippen molar-refractivity contribution in [2.24, 2.45) is 10.9 Å². The highest BCUT2D eigenvalue weighted by atomic mass is 127. The number of methoxy groups -OCH3 is 1. The highest BCUT2D eigenvalue weighted by Crippen LogP contribution is 2.33. The molecule has 0 aromatic heterocycles. The van der Waals surface area contributed by atoms with Crippen LogP contribution in [0.15, 0.2) is 29.3 Å². The Hall–Kier alpha value is -1.18. The van der Waals surface area contributed by atoms with Crippen molar-refractivity contribution >= 4 is 29.9 Å². The van der Waals surface area contributed by atoms with Crippen molar-refractivity contribution in [3.8, 4) is 11.5 Å². The SMILES string of the molecule is CN=C(NCCCC1CC1)NCC(C)Oc1ccccc1OC.I. The summed E-state index contributed by atoms with van der Waals surface area (Å²) < 4.78 is 11.2. The van der Waals surface area contributed by atoms with Crippen LogP contribution < -0.4 is 20.1 Å². The topological polar surface area (TPSA) is 54.9 Å². The van der Waals surface area contributed by atoms with E-state index >= 15 is 0 Å². The molecule has 1 aliphatic carbocycles. The molecule has 0 spiro atoms. The number of hydrogen-bond donors (Lipinski definition) is 2. The summed E-state index contributed by atoms with van der Waals surface area (Å²) in [6.07, 6.45) is 5.39. The van der Waals surface area contributed by atoms with Crippen LogP contribution >= 0.6 is 24.0 Å². The molecule has 0 aliphatic heterocycles. The van der Waals surface area contributed by atoms with Gasteiger partial charge in [-0.1, -0.05) is 25.0 Å². The van der Waals surface area contributed by atoms with E-state index in [0.717, 1.165) is 29.9 Å². The maximum absolute atomic E-state index is 5.93. The minimum absolute atomic E-state index is 0. The van der Waals surface area contributed by atoms with Crippen LogP contribution in [0.1, 0.15) is 32.6 Å². The molecule has 0 bridgehead atoms. The highest BCUT2D eigenvalue weighted by Gasteiger charge is 2.20. The normalized spacial score (nSPS) is 15.2. The summed E-state index contributed by atoms with van der Waals surface area (Å²) in [5, 5.41) is 6.66. The van der Waals surface area contributed by atoms with E-state index < -0.39 is 0 Å². The van der Waals surface area contributed by atoms with E-state index in [2.05, 4.69) is 15.6 Å². The Bertz CT molecular complexity index is 507. The molecule has 2 N–H and O–H groups in total. The van der Waals surface area contributed by atoms with E-state index in [9.17, 15) is 0 Å². The second-order valence-corrected chi connectivity index (χ2v) is 6.04. The number of hydrogen-bond acceptors (Lipinski definition) is 3. The van der Waals surface area contributed by atoms with Crippen LogP contribution in [0.25, 0.3) is 0 Å². The van der Waals surface area contributed by atoms with Crippen molar-refractivity contribution in [2.45, 2.75) is 38.7 Å². The highest BCUT2D eigenvalue weighted by molar-refractivity contribution is 14.0. The van der Waals surface area contributed by atoms with E-state index in [0.29, 0.717) is 6.54 Å². The van der Waals surface area contributed by atoms with Crippen LogP contribution in [0.3, 0.4) is 0 Å². The molecule has 2 rings (SSSR count). The number of nitrogens with one attached hydrogen (secondary N) is 2. The molecule has 0 saturated heterocycles. The van der Waals surface area contributed by atoms with Gasteiger partial charge >= 0.3 is 0 Å². The van der Waals surface area contributed by atoms with Gasteiger partial charge in [-0.15, -0.1) is 24.0 Å². The van der Waals surface area contributed by atoms with Crippen LogP contribution in [0.5, 0.6) is 11.5 Å². The molecule has 6 heteroatoms. The summed E-state index contributed by atoms with van der Waals surface area (Å²) in [4.78, 5) is 4.25. The van der Waals surface area contributed by atoms with Crippen molar-refractivity contribution in [3.05, 3.63) is 24.3 Å². The molecule has 5 nitrogen and oxygen atoms in total. The van der Waals surface area contributed by atoms with Crippen LogP contribution in [-0.2, 0) is 0 Å². The van der Waals surface area contributed by atoms with Gasteiger partial charge in [0, 0.05) is 13.6 Å². The number of aliphatic imine (C=N–C) groups is 1. The smallest absolute Gasteiger partial charge is 0.191 e. The number of halogens is 1. The zero-order chi connectivity index (χ0) is 16.5. The lowest BCUT2D eigenvalue weighted by Crippen LogP contribution is -2.42. The molecule has 24 heavy (non-hydrogen) atoms. The molecule has 136 valence electrons. The number of ether oxygens (including phenoxy) is 2. The van der Waals surface area contributed by atoms with E-state index in [-0.39, 0.29) is 30.1 Å². The average molecular weight is 447 g/mol. The Balaban J connectivity index is 0.00000288. The minimum atomic E-state index is 0. The fraction of sp³-hybridized carbons (Fsp3) is 0.611. The first kappa shape index (κ1) is 20.9. The predicted molar refractivity (Wildman–Crippen MR) is 110 cm³/mol. The third-order valence-corrected chi connectivity index (χ3v) is 3.96. The van der Waals surface area contributed by atoms with Crippen LogP contribution in [-0.4, -0.2) is 39.3 Å². The third kappa shape index (κ3) is 7.59. The summed E-state index contributed by atoms with van der Waals surface area (Å²) in [5.74, 6) is 3.33. The van der Waals surface area contributed by atoms with Gasteiger partial charge in [-0.25, -0.2) is 0 Å². The molecule has 1 saturated carbocycles. The Morgan fingerprint density at radius 1 is 1.25 bits per heavy atom. The largest absolute Gasteiger partial charge is 0.493 e. The van der Waals surface area contributed by atoms with E-state index in [1.54, 1.807) is 14.2 Å². The Labute approximate surface area is 162 Å². The van der Waals surface area contributed by atoms with Crippen molar-refractivity contribution in [1.29, 1.82) is 0 Å². The first-order valence-electron chi connectivity index (χ1n) is 8.47. The van der Waals surface area contributed by atoms with Gasteiger partial charge in [-0.2, -0.15) is 0 Å². The minimum Gasteiger partial charge on any atom is -0.493 e. The number of guanidine groups is 1. The molecular weight excluding hydrogens is 417 g/mol. The molecule has 0 radical (unpaired) electrons. The van der Waals surface area contributed by atoms with E-state index in [1.165, 1.54) is 25.7 Å². The van der Waals surface area contributed by atoms with Gasteiger partial charge in [-0.05, 0) is 37.8 Å². The Morgan fingerprint density at radius 3 is 2.58 bits per heavy atom. The number of rotatable bonds is 9. The maximum atomic E-state index is 5.93. The fourth-order valence-corrected chi connectivity index (χ4v) is 2.44. The van der Waals surface area contributed by atoms with E-state index in [4.69, 9.17) is 9.47 Å². The van der Waals surface area contributed by atoms with Crippen LogP contribution in [0.2, 0.25) is 0 Å². The summed E-state index contributed by atoms with van der Waals surface area (Å²) >= 11 is 0. The summed E-state index contributed by atoms with van der Waals surface area (Å²) in [6, 6.07) is 7.69. The van der Waals surface area contributed by atoms with Gasteiger partial charge < -0.3 is 20.1 Å². The van der Waals surface area contributed by atoms with Gasteiger partial charge in [-0.3, -0.25) is 4.99 Å². The van der Waals surface area contributed by atoms with Crippen LogP contribution in [0, 0.1) is 5.92 Å². The predicted octanol–water partition coefficient (Wildman–Crippen LogP) is 3.44. The lowest BCUT2D eigenvalue weighted by atomic mass is 10.2. The average Bonchev–Trinajstić information content (AvgIpc) is 3.39. The maximum Gasteiger partial charge on any atom is 0.191 e. The molecule has 1 aromatic carbocycles. The van der Waals surface area contributed by atoms with Crippen molar-refractivity contribution in [1.82, 2.24) is 10.6 Å². The number of benzene rings is 1. The van der Waals surface area contributed by atoms with Gasteiger partial charge in [0.05, 0.1) is 13.7 Å². The standard InChI is InChI=1S/C18H29N3O2.HI/c1-14(23-17-9-5-4-8-16(17)22-3)13-21-18(19-2)20-12-6-7-15-10-11-15;/h4-5,8-9,14-15H,6-7,10-13H2,1-3H3,(H2,19,20,21);1H. The second kappa shape index (κ2) is 11.4. The second-order valence-electron chi connectivity index (χ2n) is 6.04. The fourth-order valence-electron chi connectivity index (χ4n) is 2.44. The van der Waals surface area contributed by atoms with Gasteiger partial charge in [0.1, 0.15) is 6.10 Å². The summed E-state index contributed by atoms with van der Waals surface area (Å²) in [6.45, 7) is 3.68. The van der Waals surface area contributed by atoms with E-state index in [1.807, 2.05) is 31.2 Å². The summed E-state index contributed by atoms with van der Waals surface area (Å²) in [5.41, 5.74) is 0. The lowest BCUT2D eigenvalue weighted by molar-refractivity contribution is 0.213. The quantitative estimate of drug-likeness (QED) is 0.264. The van der Waals surface area contributed by atoms with Gasteiger partial charge in [0.15, 0.2) is 17.5 Å². The molecule has 1 aliphatic rings. The first-order valence-corrected chi connectivity index (χ1v) is 8.47. The van der Waals surface area contributed by atoms with Gasteiger partial charge in [0.25, 0.3) is 0 Å².